The summed E-state index contributed by atoms with van der Waals surface area (Å²) < 4.78 is -0.652. The molecule has 0 saturated heterocycles. The number of halogens is 1. The van der Waals surface area contributed by atoms with E-state index in [4.69, 9.17) is 0 Å². The van der Waals surface area contributed by atoms with Gasteiger partial charge in [-0.3, -0.25) is 9.59 Å². The van der Waals surface area contributed by atoms with Crippen LogP contribution >= 0.6 is 15.9 Å². The van der Waals surface area contributed by atoms with Crippen molar-refractivity contribution in [3.63, 3.8) is 0 Å². The number of rotatable bonds is 3. The summed E-state index contributed by atoms with van der Waals surface area (Å²) in [4.78, 5) is 25.3. The number of nitrogens with zero attached hydrogens (tertiary/aromatic N) is 1. The quantitative estimate of drug-likeness (QED) is 0.868. The van der Waals surface area contributed by atoms with Gasteiger partial charge in [-0.25, -0.2) is 0 Å². The first kappa shape index (κ1) is 15.7. The summed E-state index contributed by atoms with van der Waals surface area (Å²) in [5.41, 5.74) is 2.13. The predicted octanol–water partition coefficient (Wildman–Crippen LogP) is 2.81. The molecule has 1 aromatic rings. The van der Waals surface area contributed by atoms with Crippen LogP contribution in [0.15, 0.2) is 18.2 Å². The van der Waals surface area contributed by atoms with Crippen molar-refractivity contribution >= 4 is 33.4 Å². The zero-order valence-corrected chi connectivity index (χ0v) is 13.5. The van der Waals surface area contributed by atoms with E-state index in [-0.39, 0.29) is 11.8 Å². The lowest BCUT2D eigenvalue weighted by atomic mass is 10.1. The summed E-state index contributed by atoms with van der Waals surface area (Å²) in [7, 11) is 3.39. The standard InChI is InChI=1S/C14H19BrN2O2/c1-9-6-7-10(12(18)17(4)5)8-11(9)16-13(19)14(2,3)15/h6-8H,1-5H3,(H,16,19). The largest absolute Gasteiger partial charge is 0.345 e. The lowest BCUT2D eigenvalue weighted by molar-refractivity contribution is -0.117. The van der Waals surface area contributed by atoms with Crippen molar-refractivity contribution in [3.8, 4) is 0 Å². The lowest BCUT2D eigenvalue weighted by Gasteiger charge is -2.18. The van der Waals surface area contributed by atoms with Gasteiger partial charge in [0.05, 0.1) is 4.32 Å². The molecule has 0 aliphatic rings. The molecule has 19 heavy (non-hydrogen) atoms. The van der Waals surface area contributed by atoms with Gasteiger partial charge < -0.3 is 10.2 Å². The smallest absolute Gasteiger partial charge is 0.253 e. The Balaban J connectivity index is 3.05. The van der Waals surface area contributed by atoms with Crippen LogP contribution in [0.3, 0.4) is 0 Å². The van der Waals surface area contributed by atoms with Gasteiger partial charge in [0.25, 0.3) is 5.91 Å². The molecule has 0 bridgehead atoms. The Hall–Kier alpha value is -1.36. The maximum Gasteiger partial charge on any atom is 0.253 e. The normalized spacial score (nSPS) is 11.1. The molecule has 0 spiro atoms. The molecule has 2 amide bonds. The Labute approximate surface area is 122 Å². The summed E-state index contributed by atoms with van der Waals surface area (Å²) in [5.74, 6) is -0.237. The molecule has 5 heteroatoms. The highest BCUT2D eigenvalue weighted by atomic mass is 79.9. The van der Waals surface area contributed by atoms with E-state index in [0.29, 0.717) is 11.3 Å². The number of nitrogens with one attached hydrogen (secondary N) is 1. The summed E-state index contributed by atoms with van der Waals surface area (Å²) >= 11 is 3.31. The van der Waals surface area contributed by atoms with E-state index < -0.39 is 4.32 Å². The SMILES string of the molecule is Cc1ccc(C(=O)N(C)C)cc1NC(=O)C(C)(C)Br. The number of amides is 2. The topological polar surface area (TPSA) is 49.4 Å². The Morgan fingerprint density at radius 1 is 1.26 bits per heavy atom. The van der Waals surface area contributed by atoms with Gasteiger partial charge in [-0.15, -0.1) is 0 Å². The average Bonchev–Trinajstić information content (AvgIpc) is 2.29. The van der Waals surface area contributed by atoms with Crippen LogP contribution in [0.5, 0.6) is 0 Å². The molecular weight excluding hydrogens is 308 g/mol. The van der Waals surface area contributed by atoms with Crippen LogP contribution in [0.25, 0.3) is 0 Å². The molecule has 104 valence electrons. The Morgan fingerprint density at radius 2 is 1.84 bits per heavy atom. The zero-order chi connectivity index (χ0) is 14.8. The van der Waals surface area contributed by atoms with Gasteiger partial charge >= 0.3 is 0 Å². The van der Waals surface area contributed by atoms with Crippen LogP contribution < -0.4 is 5.32 Å². The van der Waals surface area contributed by atoms with E-state index in [9.17, 15) is 9.59 Å². The Bertz CT molecular complexity index is 505. The second kappa shape index (κ2) is 5.74. The van der Waals surface area contributed by atoms with Crippen molar-refractivity contribution in [1.29, 1.82) is 0 Å². The zero-order valence-electron chi connectivity index (χ0n) is 11.9. The predicted molar refractivity (Wildman–Crippen MR) is 80.8 cm³/mol. The van der Waals surface area contributed by atoms with E-state index in [1.54, 1.807) is 40.1 Å². The summed E-state index contributed by atoms with van der Waals surface area (Å²) in [6.07, 6.45) is 0. The Morgan fingerprint density at radius 3 is 2.32 bits per heavy atom. The number of carbonyl (C=O) groups excluding carboxylic acids is 2. The van der Waals surface area contributed by atoms with Crippen molar-refractivity contribution in [1.82, 2.24) is 4.90 Å². The first-order valence-corrected chi connectivity index (χ1v) is 6.75. The molecule has 4 nitrogen and oxygen atoms in total. The van der Waals surface area contributed by atoms with Crippen molar-refractivity contribution in [3.05, 3.63) is 29.3 Å². The first-order chi connectivity index (χ1) is 8.62. The van der Waals surface area contributed by atoms with Crippen LogP contribution in [-0.4, -0.2) is 35.1 Å². The van der Waals surface area contributed by atoms with Gasteiger partial charge in [-0.1, -0.05) is 22.0 Å². The molecule has 0 radical (unpaired) electrons. The molecule has 0 aliphatic carbocycles. The number of hydrogen-bond acceptors (Lipinski definition) is 2. The maximum absolute atomic E-state index is 11.9. The van der Waals surface area contributed by atoms with Crippen LogP contribution in [0.4, 0.5) is 5.69 Å². The van der Waals surface area contributed by atoms with E-state index in [1.807, 2.05) is 13.0 Å². The molecule has 0 atom stereocenters. The molecule has 1 aromatic carbocycles. The fraction of sp³-hybridized carbons (Fsp3) is 0.429. The highest BCUT2D eigenvalue weighted by Crippen LogP contribution is 2.22. The van der Waals surface area contributed by atoms with Crippen molar-refractivity contribution in [2.24, 2.45) is 0 Å². The van der Waals surface area contributed by atoms with Gasteiger partial charge in [0.1, 0.15) is 0 Å². The van der Waals surface area contributed by atoms with Crippen LogP contribution in [0.1, 0.15) is 29.8 Å². The van der Waals surface area contributed by atoms with Crippen LogP contribution in [0.2, 0.25) is 0 Å². The lowest BCUT2D eigenvalue weighted by Crippen LogP contribution is -2.31. The van der Waals surface area contributed by atoms with Crippen molar-refractivity contribution in [2.75, 3.05) is 19.4 Å². The Kier molecular flexibility index (Phi) is 4.74. The molecule has 0 saturated carbocycles. The molecular formula is C14H19BrN2O2. The number of carbonyl (C=O) groups is 2. The van der Waals surface area contributed by atoms with Gasteiger partial charge in [0, 0.05) is 25.3 Å². The summed E-state index contributed by atoms with van der Waals surface area (Å²) in [6.45, 7) is 5.43. The molecule has 0 unspecified atom stereocenters. The third kappa shape index (κ3) is 4.06. The van der Waals surface area contributed by atoms with E-state index in [2.05, 4.69) is 21.2 Å². The minimum absolute atomic E-state index is 0.0893. The maximum atomic E-state index is 11.9. The fourth-order valence-electron chi connectivity index (χ4n) is 1.42. The van der Waals surface area contributed by atoms with E-state index >= 15 is 0 Å². The van der Waals surface area contributed by atoms with Gasteiger partial charge in [-0.05, 0) is 38.5 Å². The number of hydrogen-bond donors (Lipinski definition) is 1. The molecule has 1 rings (SSSR count). The number of benzene rings is 1. The van der Waals surface area contributed by atoms with Gasteiger partial charge in [-0.2, -0.15) is 0 Å². The van der Waals surface area contributed by atoms with Gasteiger partial charge in [0.15, 0.2) is 0 Å². The van der Waals surface area contributed by atoms with Crippen LogP contribution in [0, 0.1) is 6.92 Å². The monoisotopic (exact) mass is 326 g/mol. The third-order valence-corrected chi connectivity index (χ3v) is 3.04. The second-order valence-electron chi connectivity index (χ2n) is 5.16. The van der Waals surface area contributed by atoms with Gasteiger partial charge in [0.2, 0.25) is 5.91 Å². The number of alkyl halides is 1. The van der Waals surface area contributed by atoms with Crippen molar-refractivity contribution in [2.45, 2.75) is 25.1 Å². The molecule has 0 fully saturated rings. The average molecular weight is 327 g/mol. The molecule has 0 heterocycles. The first-order valence-electron chi connectivity index (χ1n) is 5.95. The highest BCUT2D eigenvalue weighted by Gasteiger charge is 2.24. The molecule has 1 N–H and O–H groups in total. The fourth-order valence-corrected chi connectivity index (χ4v) is 1.52. The minimum Gasteiger partial charge on any atom is -0.345 e. The summed E-state index contributed by atoms with van der Waals surface area (Å²) in [5, 5.41) is 2.83. The van der Waals surface area contributed by atoms with Crippen molar-refractivity contribution < 1.29 is 9.59 Å². The third-order valence-electron chi connectivity index (χ3n) is 2.68. The second-order valence-corrected chi connectivity index (χ2v) is 7.14. The molecule has 0 aromatic heterocycles. The number of anilines is 1. The number of aryl methyl sites for hydroxylation is 1. The van der Waals surface area contributed by atoms with E-state index in [1.165, 1.54) is 4.90 Å². The summed E-state index contributed by atoms with van der Waals surface area (Å²) in [6, 6.07) is 5.29. The van der Waals surface area contributed by atoms with E-state index in [0.717, 1.165) is 5.56 Å². The minimum atomic E-state index is -0.652. The molecule has 0 aliphatic heterocycles. The van der Waals surface area contributed by atoms with Crippen LogP contribution in [-0.2, 0) is 4.79 Å². The highest BCUT2D eigenvalue weighted by molar-refractivity contribution is 9.10.